The number of ether oxygens (including phenoxy) is 1. The number of hydrogen-bond donors (Lipinski definition) is 3. The van der Waals surface area contributed by atoms with Gasteiger partial charge in [-0.25, -0.2) is 14.3 Å². The molecule has 4 N–H and O–H groups in total. The van der Waals surface area contributed by atoms with Gasteiger partial charge in [-0.3, -0.25) is 5.43 Å². The van der Waals surface area contributed by atoms with Gasteiger partial charge >= 0.3 is 6.01 Å². The van der Waals surface area contributed by atoms with E-state index in [0.29, 0.717) is 25.5 Å². The average molecular weight is 316 g/mol. The summed E-state index contributed by atoms with van der Waals surface area (Å²) in [6.07, 6.45) is 1.49. The summed E-state index contributed by atoms with van der Waals surface area (Å²) < 4.78 is 28.2. The van der Waals surface area contributed by atoms with E-state index in [4.69, 9.17) is 10.6 Å². The van der Waals surface area contributed by atoms with Crippen LogP contribution in [0.3, 0.4) is 0 Å². The molecule has 0 bridgehead atoms. The molecule has 9 nitrogen and oxygen atoms in total. The highest BCUT2D eigenvalue weighted by molar-refractivity contribution is 7.91. The predicted octanol–water partition coefficient (Wildman–Crippen LogP) is -0.207. The Morgan fingerprint density at radius 2 is 2.10 bits per heavy atom. The second-order valence-corrected chi connectivity index (χ2v) is 7.14. The van der Waals surface area contributed by atoms with E-state index in [0.717, 1.165) is 6.42 Å². The molecule has 1 saturated heterocycles. The minimum absolute atomic E-state index is 0.0704. The highest BCUT2D eigenvalue weighted by Gasteiger charge is 2.27. The zero-order valence-electron chi connectivity index (χ0n) is 11.9. The van der Waals surface area contributed by atoms with Crippen LogP contribution in [0.25, 0.3) is 0 Å². The van der Waals surface area contributed by atoms with Crippen LogP contribution in [0.4, 0.5) is 11.9 Å². The molecule has 0 radical (unpaired) electrons. The molecule has 2 heterocycles. The number of hydrogen-bond acceptors (Lipinski definition) is 9. The number of nitrogens with two attached hydrogens (primary N) is 1. The second-order valence-electron chi connectivity index (χ2n) is 4.91. The molecule has 1 fully saturated rings. The molecule has 10 heteroatoms. The number of sulfone groups is 1. The molecule has 1 unspecified atom stereocenters. The molecule has 0 aliphatic carbocycles. The first kappa shape index (κ1) is 15.7. The third kappa shape index (κ3) is 4.67. The molecule has 0 amide bonds. The lowest BCUT2D eigenvalue weighted by Gasteiger charge is -2.11. The lowest BCUT2D eigenvalue weighted by atomic mass is 10.1. The summed E-state index contributed by atoms with van der Waals surface area (Å²) in [4.78, 5) is 12.1. The SMILES string of the molecule is CCCOc1nc(NN)nc(NCC2CCS(=O)(=O)C2)n1. The first-order valence-corrected chi connectivity index (χ1v) is 8.64. The molecule has 1 aliphatic rings. The van der Waals surface area contributed by atoms with Crippen LogP contribution in [0.5, 0.6) is 6.01 Å². The number of nitrogens with zero attached hydrogens (tertiary/aromatic N) is 3. The van der Waals surface area contributed by atoms with Crippen molar-refractivity contribution in [3.63, 3.8) is 0 Å². The topological polar surface area (TPSA) is 132 Å². The number of anilines is 2. The van der Waals surface area contributed by atoms with Gasteiger partial charge in [0.15, 0.2) is 9.84 Å². The molecular weight excluding hydrogens is 296 g/mol. The Hall–Kier alpha value is -1.68. The molecule has 21 heavy (non-hydrogen) atoms. The van der Waals surface area contributed by atoms with Gasteiger partial charge in [-0.15, -0.1) is 0 Å². The summed E-state index contributed by atoms with van der Waals surface area (Å²) in [6, 6.07) is 0.182. The highest BCUT2D eigenvalue weighted by Crippen LogP contribution is 2.19. The zero-order valence-corrected chi connectivity index (χ0v) is 12.7. The van der Waals surface area contributed by atoms with Crippen molar-refractivity contribution in [1.82, 2.24) is 15.0 Å². The third-order valence-electron chi connectivity index (χ3n) is 3.05. The smallest absolute Gasteiger partial charge is 0.323 e. The molecule has 118 valence electrons. The number of hydrazine groups is 1. The van der Waals surface area contributed by atoms with E-state index in [1.54, 1.807) is 0 Å². The molecule has 1 atom stereocenters. The maximum absolute atomic E-state index is 11.4. The van der Waals surface area contributed by atoms with Crippen LogP contribution in [-0.2, 0) is 9.84 Å². The number of nitrogens with one attached hydrogen (secondary N) is 2. The Balaban J connectivity index is 1.98. The molecule has 1 aromatic heterocycles. The minimum Gasteiger partial charge on any atom is -0.463 e. The van der Waals surface area contributed by atoms with E-state index in [2.05, 4.69) is 25.7 Å². The average Bonchev–Trinajstić information content (AvgIpc) is 2.82. The quantitative estimate of drug-likeness (QED) is 0.461. The van der Waals surface area contributed by atoms with Crippen LogP contribution in [0.1, 0.15) is 19.8 Å². The van der Waals surface area contributed by atoms with Gasteiger partial charge in [0.2, 0.25) is 11.9 Å². The summed E-state index contributed by atoms with van der Waals surface area (Å²) in [5.41, 5.74) is 2.35. The summed E-state index contributed by atoms with van der Waals surface area (Å²) in [7, 11) is -2.88. The van der Waals surface area contributed by atoms with Crippen LogP contribution in [0, 0.1) is 5.92 Å². The van der Waals surface area contributed by atoms with Crippen LogP contribution < -0.4 is 21.3 Å². The summed E-state index contributed by atoms with van der Waals surface area (Å²) in [5, 5.41) is 3.01. The first-order chi connectivity index (χ1) is 10.0. The molecule has 0 saturated carbocycles. The molecule has 0 aromatic carbocycles. The van der Waals surface area contributed by atoms with E-state index in [9.17, 15) is 8.42 Å². The summed E-state index contributed by atoms with van der Waals surface area (Å²) in [6.45, 7) is 2.96. The van der Waals surface area contributed by atoms with Gasteiger partial charge in [0, 0.05) is 6.54 Å². The van der Waals surface area contributed by atoms with Crippen molar-refractivity contribution in [1.29, 1.82) is 0 Å². The summed E-state index contributed by atoms with van der Waals surface area (Å²) in [5.74, 6) is 6.33. The van der Waals surface area contributed by atoms with E-state index in [1.165, 1.54) is 0 Å². The largest absolute Gasteiger partial charge is 0.463 e. The van der Waals surface area contributed by atoms with Crippen LogP contribution in [0.2, 0.25) is 0 Å². The normalized spacial score (nSPS) is 20.2. The van der Waals surface area contributed by atoms with Crippen LogP contribution >= 0.6 is 0 Å². The fraction of sp³-hybridized carbons (Fsp3) is 0.727. The van der Waals surface area contributed by atoms with Gasteiger partial charge in [0.25, 0.3) is 0 Å². The Kier molecular flexibility index (Phi) is 5.12. The fourth-order valence-corrected chi connectivity index (χ4v) is 3.89. The minimum atomic E-state index is -2.88. The molecule has 1 aromatic rings. The van der Waals surface area contributed by atoms with Crippen molar-refractivity contribution in [2.75, 3.05) is 35.4 Å². The van der Waals surface area contributed by atoms with Gasteiger partial charge in [-0.2, -0.15) is 15.0 Å². The third-order valence-corrected chi connectivity index (χ3v) is 4.89. The first-order valence-electron chi connectivity index (χ1n) is 6.82. The van der Waals surface area contributed by atoms with Crippen molar-refractivity contribution in [3.8, 4) is 6.01 Å². The fourth-order valence-electron chi connectivity index (χ4n) is 2.03. The maximum atomic E-state index is 11.4. The zero-order chi connectivity index (χ0) is 15.3. The Morgan fingerprint density at radius 3 is 2.71 bits per heavy atom. The lowest BCUT2D eigenvalue weighted by Crippen LogP contribution is -2.19. The number of rotatable bonds is 7. The second kappa shape index (κ2) is 6.85. The standard InChI is InChI=1S/C11H20N6O3S/c1-2-4-20-11-15-9(14-10(16-11)17-12)13-6-8-3-5-21(18,19)7-8/h8H,2-7,12H2,1H3,(H2,13,14,15,16,17). The summed E-state index contributed by atoms with van der Waals surface area (Å²) >= 11 is 0. The van der Waals surface area contributed by atoms with E-state index in [1.807, 2.05) is 6.92 Å². The highest BCUT2D eigenvalue weighted by atomic mass is 32.2. The van der Waals surface area contributed by atoms with Crippen molar-refractivity contribution in [2.45, 2.75) is 19.8 Å². The van der Waals surface area contributed by atoms with E-state index >= 15 is 0 Å². The number of nitrogen functional groups attached to an aromatic ring is 1. The molecular formula is C11H20N6O3S. The lowest BCUT2D eigenvalue weighted by molar-refractivity contribution is 0.292. The monoisotopic (exact) mass is 316 g/mol. The van der Waals surface area contributed by atoms with E-state index in [-0.39, 0.29) is 29.4 Å². The molecule has 1 aliphatic heterocycles. The molecule has 2 rings (SSSR count). The van der Waals surface area contributed by atoms with E-state index < -0.39 is 9.84 Å². The van der Waals surface area contributed by atoms with Crippen LogP contribution in [0.15, 0.2) is 0 Å². The Morgan fingerprint density at radius 1 is 1.33 bits per heavy atom. The predicted molar refractivity (Wildman–Crippen MR) is 78.7 cm³/mol. The van der Waals surface area contributed by atoms with Gasteiger partial charge in [-0.1, -0.05) is 6.92 Å². The Bertz CT molecular complexity index is 579. The van der Waals surface area contributed by atoms with Gasteiger partial charge < -0.3 is 10.1 Å². The molecule has 0 spiro atoms. The van der Waals surface area contributed by atoms with Crippen molar-refractivity contribution < 1.29 is 13.2 Å². The Labute approximate surface area is 123 Å². The van der Waals surface area contributed by atoms with Gasteiger partial charge in [-0.05, 0) is 18.8 Å². The van der Waals surface area contributed by atoms with Gasteiger partial charge in [0.1, 0.15) is 0 Å². The van der Waals surface area contributed by atoms with Gasteiger partial charge in [0.05, 0.1) is 18.1 Å². The van der Waals surface area contributed by atoms with Crippen molar-refractivity contribution >= 4 is 21.7 Å². The maximum Gasteiger partial charge on any atom is 0.323 e. The van der Waals surface area contributed by atoms with Crippen molar-refractivity contribution in [3.05, 3.63) is 0 Å². The van der Waals surface area contributed by atoms with Crippen LogP contribution in [-0.4, -0.2) is 48.0 Å². The number of aromatic nitrogens is 3. The van der Waals surface area contributed by atoms with Crippen molar-refractivity contribution in [2.24, 2.45) is 11.8 Å².